The number of hydrogen-bond acceptors (Lipinski definition) is 3. The highest BCUT2D eigenvalue weighted by Gasteiger charge is 2.28. The summed E-state index contributed by atoms with van der Waals surface area (Å²) in [6, 6.07) is 0.0787. The predicted octanol–water partition coefficient (Wildman–Crippen LogP) is 0.0531. The summed E-state index contributed by atoms with van der Waals surface area (Å²) >= 11 is 0. The van der Waals surface area contributed by atoms with Gasteiger partial charge in [0, 0.05) is 6.04 Å². The summed E-state index contributed by atoms with van der Waals surface area (Å²) in [4.78, 5) is 0. The molecular weight excluding hydrogens is 188 g/mol. The molecule has 13 heavy (non-hydrogen) atoms. The lowest BCUT2D eigenvalue weighted by Gasteiger charge is -2.18. The van der Waals surface area contributed by atoms with Crippen molar-refractivity contribution in [3.8, 4) is 0 Å². The van der Waals surface area contributed by atoms with Gasteiger partial charge in [-0.2, -0.15) is 0 Å². The quantitative estimate of drug-likeness (QED) is 0.683. The summed E-state index contributed by atoms with van der Waals surface area (Å²) in [6.07, 6.45) is 3.06. The van der Waals surface area contributed by atoms with E-state index in [1.54, 1.807) is 6.92 Å². The Labute approximate surface area is 79.9 Å². The van der Waals surface area contributed by atoms with Crippen LogP contribution in [-0.2, 0) is 10.0 Å². The molecular formula is C8H18N2O2S. The van der Waals surface area contributed by atoms with Gasteiger partial charge >= 0.3 is 0 Å². The average Bonchev–Trinajstić information content (AvgIpc) is 2.51. The maximum atomic E-state index is 11.3. The first-order valence-corrected chi connectivity index (χ1v) is 6.44. The van der Waals surface area contributed by atoms with E-state index in [0.717, 1.165) is 19.3 Å². The Bertz CT molecular complexity index is 251. The van der Waals surface area contributed by atoms with Crippen molar-refractivity contribution in [3.63, 3.8) is 0 Å². The number of sulfonamides is 1. The minimum absolute atomic E-state index is 0.0787. The molecule has 1 rings (SSSR count). The van der Waals surface area contributed by atoms with Gasteiger partial charge in [0.1, 0.15) is 0 Å². The van der Waals surface area contributed by atoms with E-state index >= 15 is 0 Å². The summed E-state index contributed by atoms with van der Waals surface area (Å²) in [7, 11) is -3.05. The van der Waals surface area contributed by atoms with Gasteiger partial charge in [-0.25, -0.2) is 13.1 Å². The molecule has 1 saturated carbocycles. The van der Waals surface area contributed by atoms with E-state index in [2.05, 4.69) is 4.72 Å². The van der Waals surface area contributed by atoms with Crippen molar-refractivity contribution in [1.82, 2.24) is 4.72 Å². The molecule has 1 aliphatic rings. The molecule has 2 unspecified atom stereocenters. The first-order valence-electron chi connectivity index (χ1n) is 4.79. The summed E-state index contributed by atoms with van der Waals surface area (Å²) in [6.45, 7) is 2.23. The Balaban J connectivity index is 2.53. The van der Waals surface area contributed by atoms with Crippen molar-refractivity contribution in [2.75, 3.05) is 12.3 Å². The van der Waals surface area contributed by atoms with Crippen LogP contribution in [-0.4, -0.2) is 26.8 Å². The fraction of sp³-hybridized carbons (Fsp3) is 1.00. The average molecular weight is 206 g/mol. The number of nitrogens with two attached hydrogens (primary N) is 1. The second-order valence-corrected chi connectivity index (χ2v) is 5.60. The maximum Gasteiger partial charge on any atom is 0.211 e. The zero-order valence-electron chi connectivity index (χ0n) is 7.99. The van der Waals surface area contributed by atoms with Crippen LogP contribution in [0.3, 0.4) is 0 Å². The van der Waals surface area contributed by atoms with Crippen LogP contribution in [0.2, 0.25) is 0 Å². The molecule has 0 aromatic carbocycles. The minimum atomic E-state index is -3.05. The van der Waals surface area contributed by atoms with Gasteiger partial charge in [0.15, 0.2) is 0 Å². The van der Waals surface area contributed by atoms with Crippen molar-refractivity contribution in [1.29, 1.82) is 0 Å². The smallest absolute Gasteiger partial charge is 0.211 e. The topological polar surface area (TPSA) is 72.2 Å². The van der Waals surface area contributed by atoms with E-state index in [0.29, 0.717) is 12.5 Å². The van der Waals surface area contributed by atoms with E-state index in [1.807, 2.05) is 0 Å². The van der Waals surface area contributed by atoms with Crippen LogP contribution in [0.5, 0.6) is 0 Å². The highest BCUT2D eigenvalue weighted by atomic mass is 32.2. The molecule has 0 amide bonds. The third kappa shape index (κ3) is 2.93. The Morgan fingerprint density at radius 2 is 2.15 bits per heavy atom. The van der Waals surface area contributed by atoms with Gasteiger partial charge < -0.3 is 5.73 Å². The van der Waals surface area contributed by atoms with Crippen molar-refractivity contribution < 1.29 is 8.42 Å². The van der Waals surface area contributed by atoms with Crippen molar-refractivity contribution in [3.05, 3.63) is 0 Å². The van der Waals surface area contributed by atoms with Crippen LogP contribution >= 0.6 is 0 Å². The van der Waals surface area contributed by atoms with Crippen LogP contribution in [0, 0.1) is 5.92 Å². The summed E-state index contributed by atoms with van der Waals surface area (Å²) < 4.78 is 25.2. The van der Waals surface area contributed by atoms with Gasteiger partial charge in [0.25, 0.3) is 0 Å². The molecule has 1 fully saturated rings. The first kappa shape index (κ1) is 10.9. The van der Waals surface area contributed by atoms with Crippen LogP contribution in [0.4, 0.5) is 0 Å². The molecule has 1 aliphatic carbocycles. The van der Waals surface area contributed by atoms with E-state index < -0.39 is 10.0 Å². The normalized spacial score (nSPS) is 29.4. The van der Waals surface area contributed by atoms with Gasteiger partial charge in [0.05, 0.1) is 5.75 Å². The van der Waals surface area contributed by atoms with Crippen molar-refractivity contribution in [2.24, 2.45) is 11.7 Å². The Morgan fingerprint density at radius 3 is 2.69 bits per heavy atom. The van der Waals surface area contributed by atoms with Crippen LogP contribution in [0.25, 0.3) is 0 Å². The monoisotopic (exact) mass is 206 g/mol. The van der Waals surface area contributed by atoms with Crippen molar-refractivity contribution >= 4 is 10.0 Å². The lowest BCUT2D eigenvalue weighted by Crippen LogP contribution is -2.40. The SMILES string of the molecule is CCS(=O)(=O)NC1CCCC1CN. The molecule has 0 aliphatic heterocycles. The molecule has 3 N–H and O–H groups in total. The molecule has 2 atom stereocenters. The summed E-state index contributed by atoms with van der Waals surface area (Å²) in [5.74, 6) is 0.488. The van der Waals surface area contributed by atoms with Gasteiger partial charge in [-0.15, -0.1) is 0 Å². The Morgan fingerprint density at radius 1 is 1.46 bits per heavy atom. The molecule has 0 spiro atoms. The maximum absolute atomic E-state index is 11.3. The predicted molar refractivity (Wildman–Crippen MR) is 52.8 cm³/mol. The van der Waals surface area contributed by atoms with Gasteiger partial charge in [-0.3, -0.25) is 0 Å². The molecule has 0 heterocycles. The first-order chi connectivity index (χ1) is 6.09. The molecule has 78 valence electrons. The van der Waals surface area contributed by atoms with E-state index in [1.165, 1.54) is 0 Å². The summed E-state index contributed by atoms with van der Waals surface area (Å²) in [5.41, 5.74) is 5.55. The van der Waals surface area contributed by atoms with E-state index in [-0.39, 0.29) is 11.8 Å². The fourth-order valence-corrected chi connectivity index (χ4v) is 2.73. The number of nitrogens with one attached hydrogen (secondary N) is 1. The summed E-state index contributed by atoms with van der Waals surface area (Å²) in [5, 5.41) is 0. The number of hydrogen-bond donors (Lipinski definition) is 2. The molecule has 0 saturated heterocycles. The van der Waals surface area contributed by atoms with Crippen LogP contribution in [0.1, 0.15) is 26.2 Å². The second kappa shape index (κ2) is 4.39. The molecule has 0 radical (unpaired) electrons. The molecule has 0 aromatic rings. The highest BCUT2D eigenvalue weighted by molar-refractivity contribution is 7.89. The third-order valence-corrected chi connectivity index (χ3v) is 4.09. The zero-order chi connectivity index (χ0) is 9.90. The van der Waals surface area contributed by atoms with E-state index in [9.17, 15) is 8.42 Å². The molecule has 0 aromatic heterocycles. The third-order valence-electron chi connectivity index (χ3n) is 2.67. The van der Waals surface area contributed by atoms with Gasteiger partial charge in [0.2, 0.25) is 10.0 Å². The Kier molecular flexibility index (Phi) is 3.70. The van der Waals surface area contributed by atoms with Gasteiger partial charge in [-0.05, 0) is 32.2 Å². The van der Waals surface area contributed by atoms with Gasteiger partial charge in [-0.1, -0.05) is 6.42 Å². The van der Waals surface area contributed by atoms with E-state index in [4.69, 9.17) is 5.73 Å². The Hall–Kier alpha value is -0.130. The standard InChI is InChI=1S/C8H18N2O2S/c1-2-13(11,12)10-8-5-3-4-7(8)6-9/h7-8,10H,2-6,9H2,1H3. The minimum Gasteiger partial charge on any atom is -0.330 e. The lowest BCUT2D eigenvalue weighted by atomic mass is 10.1. The zero-order valence-corrected chi connectivity index (χ0v) is 8.81. The fourth-order valence-electron chi connectivity index (χ4n) is 1.79. The van der Waals surface area contributed by atoms with Crippen molar-refractivity contribution in [2.45, 2.75) is 32.2 Å². The van der Waals surface area contributed by atoms with Crippen LogP contribution < -0.4 is 10.5 Å². The number of rotatable bonds is 4. The highest BCUT2D eigenvalue weighted by Crippen LogP contribution is 2.24. The lowest BCUT2D eigenvalue weighted by molar-refractivity contribution is 0.453. The largest absolute Gasteiger partial charge is 0.330 e. The molecule has 5 heteroatoms. The second-order valence-electron chi connectivity index (χ2n) is 3.55. The molecule has 4 nitrogen and oxygen atoms in total. The molecule has 0 bridgehead atoms. The van der Waals surface area contributed by atoms with Crippen LogP contribution in [0.15, 0.2) is 0 Å².